The quantitative estimate of drug-likeness (QED) is 0.506. The highest BCUT2D eigenvalue weighted by Crippen LogP contribution is 2.29. The van der Waals surface area contributed by atoms with E-state index in [1.807, 2.05) is 54.6 Å². The van der Waals surface area contributed by atoms with Crippen molar-refractivity contribution in [3.8, 4) is 11.5 Å². The van der Waals surface area contributed by atoms with Crippen molar-refractivity contribution in [3.63, 3.8) is 0 Å². The van der Waals surface area contributed by atoms with E-state index in [2.05, 4.69) is 10.2 Å². The molecule has 1 heterocycles. The van der Waals surface area contributed by atoms with E-state index >= 15 is 0 Å². The fourth-order valence-corrected chi connectivity index (χ4v) is 4.00. The maximum Gasteiger partial charge on any atom is 0.254 e. The molecule has 1 fully saturated rings. The number of carbonyl (C=O) groups excluding carboxylic acids is 2. The molecule has 1 saturated heterocycles. The van der Waals surface area contributed by atoms with Crippen LogP contribution < -0.4 is 14.8 Å². The van der Waals surface area contributed by atoms with E-state index in [0.717, 1.165) is 11.3 Å². The third-order valence-electron chi connectivity index (χ3n) is 5.80. The number of rotatable bonds is 8. The van der Waals surface area contributed by atoms with Crippen molar-refractivity contribution >= 4 is 29.1 Å². The number of piperazine rings is 1. The molecule has 35 heavy (non-hydrogen) atoms. The van der Waals surface area contributed by atoms with Crippen LogP contribution in [0.15, 0.2) is 72.8 Å². The maximum atomic E-state index is 13.1. The average molecular weight is 494 g/mol. The predicted octanol–water partition coefficient (Wildman–Crippen LogP) is 4.32. The zero-order valence-corrected chi connectivity index (χ0v) is 20.3. The van der Waals surface area contributed by atoms with Crippen LogP contribution in [0.2, 0.25) is 5.02 Å². The predicted molar refractivity (Wildman–Crippen MR) is 136 cm³/mol. The first kappa shape index (κ1) is 24.6. The monoisotopic (exact) mass is 493 g/mol. The number of amides is 2. The van der Waals surface area contributed by atoms with Crippen LogP contribution in [0, 0.1) is 0 Å². The molecule has 1 N–H and O–H groups in total. The van der Waals surface area contributed by atoms with Gasteiger partial charge in [0.2, 0.25) is 5.91 Å². The fourth-order valence-electron chi connectivity index (χ4n) is 3.88. The first-order valence-electron chi connectivity index (χ1n) is 11.4. The summed E-state index contributed by atoms with van der Waals surface area (Å²) in [5.74, 6) is 0.935. The first-order valence-corrected chi connectivity index (χ1v) is 11.8. The average Bonchev–Trinajstić information content (AvgIpc) is 2.89. The van der Waals surface area contributed by atoms with Gasteiger partial charge in [0, 0.05) is 42.5 Å². The van der Waals surface area contributed by atoms with Crippen molar-refractivity contribution in [3.05, 3.63) is 88.9 Å². The molecule has 4 rings (SSSR count). The first-order chi connectivity index (χ1) is 17.0. The van der Waals surface area contributed by atoms with Crippen molar-refractivity contribution in [2.24, 2.45) is 0 Å². The van der Waals surface area contributed by atoms with Gasteiger partial charge in [-0.2, -0.15) is 0 Å². The van der Waals surface area contributed by atoms with Crippen molar-refractivity contribution in [1.29, 1.82) is 0 Å². The summed E-state index contributed by atoms with van der Waals surface area (Å²) in [5.41, 5.74) is 2.30. The largest absolute Gasteiger partial charge is 0.493 e. The number of ether oxygens (including phenoxy) is 2. The summed E-state index contributed by atoms with van der Waals surface area (Å²) in [6.45, 7) is 3.02. The molecule has 0 atom stereocenters. The Morgan fingerprint density at radius 3 is 2.31 bits per heavy atom. The summed E-state index contributed by atoms with van der Waals surface area (Å²) in [6, 6.07) is 22.0. The van der Waals surface area contributed by atoms with Gasteiger partial charge in [0.15, 0.2) is 11.5 Å². The summed E-state index contributed by atoms with van der Waals surface area (Å²) < 4.78 is 11.4. The number of hydrogen-bond donors (Lipinski definition) is 1. The molecule has 7 nitrogen and oxygen atoms in total. The van der Waals surface area contributed by atoms with Gasteiger partial charge in [-0.1, -0.05) is 41.9 Å². The van der Waals surface area contributed by atoms with Crippen LogP contribution in [-0.4, -0.2) is 61.4 Å². The molecule has 1 aliphatic rings. The van der Waals surface area contributed by atoms with Crippen molar-refractivity contribution in [1.82, 2.24) is 9.80 Å². The Morgan fingerprint density at radius 1 is 0.914 bits per heavy atom. The molecule has 3 aromatic rings. The molecule has 1 aliphatic heterocycles. The highest BCUT2D eigenvalue weighted by Gasteiger charge is 2.24. The summed E-state index contributed by atoms with van der Waals surface area (Å²) in [5, 5.41) is 3.57. The van der Waals surface area contributed by atoms with Gasteiger partial charge in [-0.25, -0.2) is 0 Å². The Kier molecular flexibility index (Phi) is 8.23. The van der Waals surface area contributed by atoms with Gasteiger partial charge in [-0.05, 0) is 48.0 Å². The van der Waals surface area contributed by atoms with Gasteiger partial charge < -0.3 is 19.7 Å². The Morgan fingerprint density at radius 2 is 1.63 bits per heavy atom. The second-order valence-corrected chi connectivity index (χ2v) is 8.70. The van der Waals surface area contributed by atoms with E-state index in [0.29, 0.717) is 61.4 Å². The number of nitrogens with one attached hydrogen (secondary N) is 1. The van der Waals surface area contributed by atoms with Gasteiger partial charge in [-0.3, -0.25) is 14.5 Å². The van der Waals surface area contributed by atoms with Crippen LogP contribution >= 0.6 is 11.6 Å². The standard InChI is InChI=1S/C27H28ClN3O4/c1-34-25-17-21(9-12-24(25)35-19-20-7-10-22(28)11-8-20)27(33)31-15-13-30(14-16-31)18-26(32)29-23-5-3-2-4-6-23/h2-12,17H,13-16,18-19H2,1H3,(H,29,32). The van der Waals surface area contributed by atoms with Crippen LogP contribution in [0.1, 0.15) is 15.9 Å². The lowest BCUT2D eigenvalue weighted by Gasteiger charge is -2.34. The van der Waals surface area contributed by atoms with Gasteiger partial charge in [-0.15, -0.1) is 0 Å². The van der Waals surface area contributed by atoms with E-state index in [9.17, 15) is 9.59 Å². The molecule has 182 valence electrons. The van der Waals surface area contributed by atoms with Crippen LogP contribution in [-0.2, 0) is 11.4 Å². The van der Waals surface area contributed by atoms with Crippen LogP contribution in [0.25, 0.3) is 0 Å². The van der Waals surface area contributed by atoms with Crippen LogP contribution in [0.3, 0.4) is 0 Å². The Balaban J connectivity index is 1.29. The minimum absolute atomic E-state index is 0.0603. The van der Waals surface area contributed by atoms with Crippen molar-refractivity contribution in [2.45, 2.75) is 6.61 Å². The summed E-state index contributed by atoms with van der Waals surface area (Å²) >= 11 is 5.93. The third-order valence-corrected chi connectivity index (χ3v) is 6.05. The minimum Gasteiger partial charge on any atom is -0.493 e. The normalized spacial score (nSPS) is 13.8. The maximum absolute atomic E-state index is 13.1. The zero-order chi connectivity index (χ0) is 24.6. The number of anilines is 1. The molecule has 0 unspecified atom stereocenters. The fraction of sp³-hybridized carbons (Fsp3) is 0.259. The van der Waals surface area contributed by atoms with E-state index in [1.165, 1.54) is 0 Å². The van der Waals surface area contributed by atoms with Crippen molar-refractivity contribution < 1.29 is 19.1 Å². The van der Waals surface area contributed by atoms with E-state index < -0.39 is 0 Å². The van der Waals surface area contributed by atoms with Gasteiger partial charge in [0.25, 0.3) is 5.91 Å². The number of halogens is 1. The van der Waals surface area contributed by atoms with Gasteiger partial charge in [0.05, 0.1) is 13.7 Å². The van der Waals surface area contributed by atoms with E-state index in [4.69, 9.17) is 21.1 Å². The molecular formula is C27H28ClN3O4. The summed E-state index contributed by atoms with van der Waals surface area (Å²) in [7, 11) is 1.55. The van der Waals surface area contributed by atoms with E-state index in [-0.39, 0.29) is 11.8 Å². The number of para-hydroxylation sites is 1. The Bertz CT molecular complexity index is 1150. The lowest BCUT2D eigenvalue weighted by molar-refractivity contribution is -0.117. The Labute approximate surface area is 210 Å². The number of carbonyl (C=O) groups is 2. The zero-order valence-electron chi connectivity index (χ0n) is 19.6. The molecule has 0 radical (unpaired) electrons. The molecule has 0 bridgehead atoms. The Hall–Kier alpha value is -3.55. The number of benzene rings is 3. The van der Waals surface area contributed by atoms with Crippen LogP contribution in [0.4, 0.5) is 5.69 Å². The molecule has 0 spiro atoms. The SMILES string of the molecule is COc1cc(C(=O)N2CCN(CC(=O)Nc3ccccc3)CC2)ccc1OCc1ccc(Cl)cc1. The second kappa shape index (κ2) is 11.7. The lowest BCUT2D eigenvalue weighted by Crippen LogP contribution is -2.50. The van der Waals surface area contributed by atoms with Crippen LogP contribution in [0.5, 0.6) is 11.5 Å². The number of hydrogen-bond acceptors (Lipinski definition) is 5. The molecular weight excluding hydrogens is 466 g/mol. The molecule has 0 aromatic heterocycles. The van der Waals surface area contributed by atoms with E-state index in [1.54, 1.807) is 30.2 Å². The van der Waals surface area contributed by atoms with Gasteiger partial charge in [0.1, 0.15) is 6.61 Å². The minimum atomic E-state index is -0.0686. The molecule has 8 heteroatoms. The smallest absolute Gasteiger partial charge is 0.254 e. The lowest BCUT2D eigenvalue weighted by atomic mass is 10.1. The third kappa shape index (κ3) is 6.74. The topological polar surface area (TPSA) is 71.1 Å². The molecule has 3 aromatic carbocycles. The molecule has 0 aliphatic carbocycles. The van der Waals surface area contributed by atoms with Gasteiger partial charge >= 0.3 is 0 Å². The number of nitrogens with zero attached hydrogens (tertiary/aromatic N) is 2. The molecule has 0 saturated carbocycles. The molecule has 2 amide bonds. The van der Waals surface area contributed by atoms with Crippen molar-refractivity contribution in [2.75, 3.05) is 45.2 Å². The second-order valence-electron chi connectivity index (χ2n) is 8.26. The summed E-state index contributed by atoms with van der Waals surface area (Å²) in [6.07, 6.45) is 0. The summed E-state index contributed by atoms with van der Waals surface area (Å²) in [4.78, 5) is 29.2. The highest BCUT2D eigenvalue weighted by atomic mass is 35.5. The highest BCUT2D eigenvalue weighted by molar-refractivity contribution is 6.30. The number of methoxy groups -OCH3 is 1.